The van der Waals surface area contributed by atoms with Crippen molar-refractivity contribution in [1.82, 2.24) is 0 Å². The molecule has 2 unspecified atom stereocenters. The minimum Gasteiger partial charge on any atom is -0.350 e. The zero-order chi connectivity index (χ0) is 7.73. The van der Waals surface area contributed by atoms with Gasteiger partial charge in [0.25, 0.3) is 0 Å². The van der Waals surface area contributed by atoms with Crippen molar-refractivity contribution in [1.29, 1.82) is 0 Å². The zero-order valence-corrected chi connectivity index (χ0v) is 7.14. The van der Waals surface area contributed by atoms with Gasteiger partial charge in [0.15, 0.2) is 5.79 Å². The Morgan fingerprint density at radius 3 is 2.73 bits per heavy atom. The normalized spacial score (nSPS) is 45.0. The maximum atomic E-state index is 5.77. The van der Waals surface area contributed by atoms with Crippen molar-refractivity contribution >= 4 is 0 Å². The smallest absolute Gasteiger partial charge is 0.168 e. The molecule has 0 amide bonds. The first-order valence-electron chi connectivity index (χ1n) is 4.63. The molecule has 2 rings (SSSR count). The van der Waals surface area contributed by atoms with E-state index < -0.39 is 0 Å². The van der Waals surface area contributed by atoms with Crippen LogP contribution in [0.2, 0.25) is 0 Å². The summed E-state index contributed by atoms with van der Waals surface area (Å²) in [6, 6.07) is 0. The molecule has 0 aliphatic carbocycles. The molecule has 0 aromatic heterocycles. The van der Waals surface area contributed by atoms with Gasteiger partial charge in [-0.2, -0.15) is 0 Å². The van der Waals surface area contributed by atoms with Crippen LogP contribution in [0.15, 0.2) is 0 Å². The Morgan fingerprint density at radius 2 is 2.18 bits per heavy atom. The Labute approximate surface area is 67.9 Å². The second-order valence-electron chi connectivity index (χ2n) is 3.68. The predicted octanol–water partition coefficient (Wildman–Crippen LogP) is 2.08. The Bertz CT molecular complexity index is 133. The largest absolute Gasteiger partial charge is 0.350 e. The number of hydrogen-bond donors (Lipinski definition) is 0. The zero-order valence-electron chi connectivity index (χ0n) is 7.14. The molecule has 0 aromatic rings. The highest BCUT2D eigenvalue weighted by Crippen LogP contribution is 2.37. The third-order valence-electron chi connectivity index (χ3n) is 2.66. The Hall–Kier alpha value is -0.0800. The van der Waals surface area contributed by atoms with Crippen LogP contribution in [0.3, 0.4) is 0 Å². The van der Waals surface area contributed by atoms with Gasteiger partial charge >= 0.3 is 0 Å². The maximum Gasteiger partial charge on any atom is 0.168 e. The van der Waals surface area contributed by atoms with Gasteiger partial charge in [0.1, 0.15) is 0 Å². The topological polar surface area (TPSA) is 18.5 Å². The summed E-state index contributed by atoms with van der Waals surface area (Å²) >= 11 is 0. The molecule has 0 aromatic carbocycles. The summed E-state index contributed by atoms with van der Waals surface area (Å²) in [7, 11) is 0. The van der Waals surface area contributed by atoms with Gasteiger partial charge in [0.2, 0.25) is 0 Å². The standard InChI is InChI=1S/C9H16O2/c1-8-4-6-9(11-8)5-2-3-7-10-9/h8H,2-7H2,1H3. The summed E-state index contributed by atoms with van der Waals surface area (Å²) in [5.41, 5.74) is 0. The van der Waals surface area contributed by atoms with E-state index in [9.17, 15) is 0 Å². The van der Waals surface area contributed by atoms with Gasteiger partial charge in [-0.25, -0.2) is 0 Å². The lowest BCUT2D eigenvalue weighted by Crippen LogP contribution is -2.35. The molecular formula is C9H16O2. The van der Waals surface area contributed by atoms with Gasteiger partial charge in [0.05, 0.1) is 12.7 Å². The molecule has 2 heteroatoms. The van der Waals surface area contributed by atoms with E-state index >= 15 is 0 Å². The van der Waals surface area contributed by atoms with E-state index in [0.29, 0.717) is 6.10 Å². The lowest BCUT2D eigenvalue weighted by molar-refractivity contribution is -0.242. The molecule has 1 spiro atoms. The summed E-state index contributed by atoms with van der Waals surface area (Å²) in [4.78, 5) is 0. The highest BCUT2D eigenvalue weighted by atomic mass is 16.7. The van der Waals surface area contributed by atoms with Gasteiger partial charge in [-0.3, -0.25) is 0 Å². The Balaban J connectivity index is 1.98. The molecule has 2 heterocycles. The van der Waals surface area contributed by atoms with Gasteiger partial charge in [-0.05, 0) is 26.2 Å². The molecule has 2 nitrogen and oxygen atoms in total. The van der Waals surface area contributed by atoms with Gasteiger partial charge in [-0.15, -0.1) is 0 Å². The molecule has 0 radical (unpaired) electrons. The fraction of sp³-hybridized carbons (Fsp3) is 1.00. The number of ether oxygens (including phenoxy) is 2. The van der Waals surface area contributed by atoms with E-state index in [1.54, 1.807) is 0 Å². The fourth-order valence-corrected chi connectivity index (χ4v) is 2.02. The molecule has 0 bridgehead atoms. The lowest BCUT2D eigenvalue weighted by atomic mass is 10.0. The first-order chi connectivity index (χ1) is 5.31. The molecule has 2 atom stereocenters. The average molecular weight is 156 g/mol. The van der Waals surface area contributed by atoms with Crippen LogP contribution in [0.5, 0.6) is 0 Å². The third-order valence-corrected chi connectivity index (χ3v) is 2.66. The van der Waals surface area contributed by atoms with Crippen molar-refractivity contribution in [2.45, 2.75) is 50.9 Å². The van der Waals surface area contributed by atoms with E-state index in [0.717, 1.165) is 19.4 Å². The molecule has 2 saturated heterocycles. The number of rotatable bonds is 0. The van der Waals surface area contributed by atoms with Crippen LogP contribution in [0.25, 0.3) is 0 Å². The minimum absolute atomic E-state index is 0.155. The summed E-state index contributed by atoms with van der Waals surface area (Å²) in [6.45, 7) is 3.03. The van der Waals surface area contributed by atoms with Crippen molar-refractivity contribution in [2.24, 2.45) is 0 Å². The first-order valence-corrected chi connectivity index (χ1v) is 4.63. The quantitative estimate of drug-likeness (QED) is 0.534. The van der Waals surface area contributed by atoms with Gasteiger partial charge in [-0.1, -0.05) is 0 Å². The van der Waals surface area contributed by atoms with Crippen LogP contribution in [0.1, 0.15) is 39.0 Å². The third kappa shape index (κ3) is 1.42. The maximum absolute atomic E-state index is 5.77. The van der Waals surface area contributed by atoms with Crippen LogP contribution in [-0.4, -0.2) is 18.5 Å². The van der Waals surface area contributed by atoms with Crippen molar-refractivity contribution in [2.75, 3.05) is 6.61 Å². The van der Waals surface area contributed by atoms with Gasteiger partial charge in [0, 0.05) is 12.8 Å². The van der Waals surface area contributed by atoms with Gasteiger partial charge < -0.3 is 9.47 Å². The van der Waals surface area contributed by atoms with Crippen molar-refractivity contribution < 1.29 is 9.47 Å². The van der Waals surface area contributed by atoms with E-state index in [-0.39, 0.29) is 5.79 Å². The summed E-state index contributed by atoms with van der Waals surface area (Å²) < 4.78 is 11.4. The summed E-state index contributed by atoms with van der Waals surface area (Å²) in [5.74, 6) is -0.155. The molecule has 64 valence electrons. The van der Waals surface area contributed by atoms with E-state index in [1.807, 2.05) is 0 Å². The minimum atomic E-state index is -0.155. The number of hydrogen-bond acceptors (Lipinski definition) is 2. The first kappa shape index (κ1) is 7.56. The average Bonchev–Trinajstić information content (AvgIpc) is 2.34. The van der Waals surface area contributed by atoms with Crippen molar-refractivity contribution in [3.8, 4) is 0 Å². The highest BCUT2D eigenvalue weighted by Gasteiger charge is 2.40. The predicted molar refractivity (Wildman–Crippen MR) is 42.3 cm³/mol. The summed E-state index contributed by atoms with van der Waals surface area (Å²) in [6.07, 6.45) is 6.27. The van der Waals surface area contributed by atoms with Crippen LogP contribution in [-0.2, 0) is 9.47 Å². The van der Waals surface area contributed by atoms with Crippen LogP contribution in [0, 0.1) is 0 Å². The molecule has 2 fully saturated rings. The highest BCUT2D eigenvalue weighted by molar-refractivity contribution is 4.81. The lowest BCUT2D eigenvalue weighted by Gasteiger charge is -2.33. The Morgan fingerprint density at radius 1 is 1.27 bits per heavy atom. The van der Waals surface area contributed by atoms with E-state index in [4.69, 9.17) is 9.47 Å². The monoisotopic (exact) mass is 156 g/mol. The van der Waals surface area contributed by atoms with E-state index in [2.05, 4.69) is 6.92 Å². The molecular weight excluding hydrogens is 140 g/mol. The van der Waals surface area contributed by atoms with Crippen molar-refractivity contribution in [3.63, 3.8) is 0 Å². The second kappa shape index (κ2) is 2.76. The molecule has 2 aliphatic heterocycles. The fourth-order valence-electron chi connectivity index (χ4n) is 2.02. The summed E-state index contributed by atoms with van der Waals surface area (Å²) in [5, 5.41) is 0. The molecule has 2 aliphatic rings. The van der Waals surface area contributed by atoms with Crippen LogP contribution >= 0.6 is 0 Å². The van der Waals surface area contributed by atoms with Crippen LogP contribution < -0.4 is 0 Å². The van der Waals surface area contributed by atoms with Crippen LogP contribution in [0.4, 0.5) is 0 Å². The SMILES string of the molecule is CC1CCC2(CCCCO2)O1. The Kier molecular flexibility index (Phi) is 1.90. The van der Waals surface area contributed by atoms with E-state index in [1.165, 1.54) is 19.3 Å². The van der Waals surface area contributed by atoms with Crippen molar-refractivity contribution in [3.05, 3.63) is 0 Å². The molecule has 0 N–H and O–H groups in total. The molecule has 11 heavy (non-hydrogen) atoms. The molecule has 0 saturated carbocycles. The second-order valence-corrected chi connectivity index (χ2v) is 3.68.